The monoisotopic (exact) mass is 344 g/mol. The Kier molecular flexibility index (Phi) is 4.38. The van der Waals surface area contributed by atoms with Crippen molar-refractivity contribution in [1.29, 1.82) is 0 Å². The predicted molar refractivity (Wildman–Crippen MR) is 93.1 cm³/mol. The topological polar surface area (TPSA) is 76.9 Å². The lowest BCUT2D eigenvalue weighted by Gasteiger charge is -2.15. The number of fused-ring (bicyclic) bond motifs is 1. The summed E-state index contributed by atoms with van der Waals surface area (Å²) in [6.45, 7) is 6.51. The second-order valence-electron chi connectivity index (χ2n) is 5.68. The van der Waals surface area contributed by atoms with Crippen LogP contribution in [0.25, 0.3) is 10.9 Å². The van der Waals surface area contributed by atoms with E-state index in [9.17, 15) is 8.42 Å². The van der Waals surface area contributed by atoms with E-state index in [-0.39, 0.29) is 10.9 Å². The minimum atomic E-state index is -3.70. The molecule has 1 unspecified atom stereocenters. The molecule has 0 spiro atoms. The van der Waals surface area contributed by atoms with Crippen molar-refractivity contribution in [3.63, 3.8) is 0 Å². The van der Waals surface area contributed by atoms with Crippen LogP contribution in [-0.4, -0.2) is 23.2 Å². The molecule has 0 aliphatic heterocycles. The molecule has 1 aromatic carbocycles. The fourth-order valence-electron chi connectivity index (χ4n) is 2.86. The summed E-state index contributed by atoms with van der Waals surface area (Å²) in [4.78, 5) is 4.41. The number of para-hydroxylation sites is 1. The van der Waals surface area contributed by atoms with Crippen LogP contribution in [0, 0.1) is 6.92 Å². The maximum atomic E-state index is 12.8. The van der Waals surface area contributed by atoms with Gasteiger partial charge in [-0.1, -0.05) is 18.2 Å². The van der Waals surface area contributed by atoms with Gasteiger partial charge in [-0.05, 0) is 32.9 Å². The van der Waals surface area contributed by atoms with Crippen LogP contribution in [0.1, 0.15) is 31.1 Å². The molecule has 0 aliphatic carbocycles. The van der Waals surface area contributed by atoms with Crippen molar-refractivity contribution < 1.29 is 8.42 Å². The number of sulfonamides is 1. The summed E-state index contributed by atoms with van der Waals surface area (Å²) in [6.07, 6.45) is 3.31. The fourth-order valence-corrected chi connectivity index (χ4v) is 4.26. The number of hydrogen-bond acceptors (Lipinski definition) is 4. The van der Waals surface area contributed by atoms with Crippen molar-refractivity contribution in [3.8, 4) is 0 Å². The van der Waals surface area contributed by atoms with Gasteiger partial charge in [-0.3, -0.25) is 9.67 Å². The second kappa shape index (κ2) is 6.33. The molecule has 3 rings (SSSR count). The standard InChI is InChI=1S/C17H20N4O2S/c1-4-21-13(3)15(11-19-21)12(2)20-24(22,23)16-9-5-7-14-8-6-10-18-17(14)16/h5-12,20H,4H2,1-3H3. The first kappa shape index (κ1) is 16.6. The molecule has 0 saturated heterocycles. The predicted octanol–water partition coefficient (Wildman–Crippen LogP) is 2.80. The quantitative estimate of drug-likeness (QED) is 0.772. The maximum Gasteiger partial charge on any atom is 0.243 e. The Labute approximate surface area is 141 Å². The third-order valence-corrected chi connectivity index (χ3v) is 5.70. The first-order chi connectivity index (χ1) is 11.4. The number of nitrogens with zero attached hydrogens (tertiary/aromatic N) is 3. The largest absolute Gasteiger partial charge is 0.270 e. The van der Waals surface area contributed by atoms with Crippen molar-refractivity contribution >= 4 is 20.9 Å². The average Bonchev–Trinajstić information content (AvgIpc) is 2.94. The maximum absolute atomic E-state index is 12.8. The molecule has 0 bridgehead atoms. The zero-order valence-electron chi connectivity index (χ0n) is 13.9. The zero-order valence-corrected chi connectivity index (χ0v) is 14.7. The van der Waals surface area contributed by atoms with E-state index in [1.807, 2.05) is 37.6 Å². The average molecular weight is 344 g/mol. The van der Waals surface area contributed by atoms with Crippen LogP contribution in [-0.2, 0) is 16.6 Å². The van der Waals surface area contributed by atoms with E-state index in [4.69, 9.17) is 0 Å². The number of aryl methyl sites for hydroxylation is 1. The van der Waals surface area contributed by atoms with Crippen LogP contribution in [0.5, 0.6) is 0 Å². The molecule has 0 radical (unpaired) electrons. The van der Waals surface area contributed by atoms with E-state index in [1.54, 1.807) is 30.6 Å². The molecule has 2 heterocycles. The molecule has 1 atom stereocenters. The number of pyridine rings is 1. The first-order valence-electron chi connectivity index (χ1n) is 7.82. The number of rotatable bonds is 5. The lowest BCUT2D eigenvalue weighted by molar-refractivity contribution is 0.566. The van der Waals surface area contributed by atoms with E-state index in [0.29, 0.717) is 5.52 Å². The van der Waals surface area contributed by atoms with Gasteiger partial charge in [0.05, 0.1) is 11.7 Å². The highest BCUT2D eigenvalue weighted by molar-refractivity contribution is 7.89. The minimum Gasteiger partial charge on any atom is -0.270 e. The Morgan fingerprint density at radius 1 is 1.25 bits per heavy atom. The molecule has 126 valence electrons. The summed E-state index contributed by atoms with van der Waals surface area (Å²) in [6, 6.07) is 8.41. The lowest BCUT2D eigenvalue weighted by atomic mass is 10.1. The molecule has 3 aromatic rings. The van der Waals surface area contributed by atoms with Gasteiger partial charge in [0.15, 0.2) is 0 Å². The van der Waals surface area contributed by atoms with Gasteiger partial charge in [0.1, 0.15) is 4.90 Å². The summed E-state index contributed by atoms with van der Waals surface area (Å²) in [5.74, 6) is 0. The van der Waals surface area contributed by atoms with Crippen molar-refractivity contribution in [2.45, 2.75) is 38.3 Å². The molecular formula is C17H20N4O2S. The molecule has 24 heavy (non-hydrogen) atoms. The second-order valence-corrected chi connectivity index (χ2v) is 7.36. The van der Waals surface area contributed by atoms with Crippen LogP contribution in [0.3, 0.4) is 0 Å². The van der Waals surface area contributed by atoms with Crippen molar-refractivity contribution in [3.05, 3.63) is 54.0 Å². The van der Waals surface area contributed by atoms with E-state index < -0.39 is 10.0 Å². The van der Waals surface area contributed by atoms with E-state index in [2.05, 4.69) is 14.8 Å². The summed E-state index contributed by atoms with van der Waals surface area (Å²) in [5.41, 5.74) is 2.30. The Bertz CT molecular complexity index is 974. The zero-order chi connectivity index (χ0) is 17.3. The van der Waals surface area contributed by atoms with E-state index in [1.165, 1.54) is 0 Å². The minimum absolute atomic E-state index is 0.188. The summed E-state index contributed by atoms with van der Waals surface area (Å²) in [7, 11) is -3.70. The third kappa shape index (κ3) is 2.92. The Hall–Kier alpha value is -2.25. The Balaban J connectivity index is 1.97. The third-order valence-electron chi connectivity index (χ3n) is 4.12. The van der Waals surface area contributed by atoms with Gasteiger partial charge >= 0.3 is 0 Å². The van der Waals surface area contributed by atoms with Crippen LogP contribution in [0.4, 0.5) is 0 Å². The van der Waals surface area contributed by atoms with Gasteiger partial charge in [0.2, 0.25) is 10.0 Å². The molecule has 1 N–H and O–H groups in total. The summed E-state index contributed by atoms with van der Waals surface area (Å²) < 4.78 is 30.3. The number of nitrogens with one attached hydrogen (secondary N) is 1. The van der Waals surface area contributed by atoms with Gasteiger partial charge < -0.3 is 0 Å². The molecule has 6 nitrogen and oxygen atoms in total. The highest BCUT2D eigenvalue weighted by Crippen LogP contribution is 2.24. The molecule has 2 aromatic heterocycles. The van der Waals surface area contributed by atoms with Crippen LogP contribution < -0.4 is 4.72 Å². The van der Waals surface area contributed by atoms with Gasteiger partial charge in [-0.25, -0.2) is 13.1 Å². The number of benzene rings is 1. The van der Waals surface area contributed by atoms with Gasteiger partial charge in [-0.2, -0.15) is 5.10 Å². The van der Waals surface area contributed by atoms with Crippen molar-refractivity contribution in [2.75, 3.05) is 0 Å². The summed E-state index contributed by atoms with van der Waals surface area (Å²) in [5, 5.41) is 5.07. The highest BCUT2D eigenvalue weighted by atomic mass is 32.2. The van der Waals surface area contributed by atoms with Crippen LogP contribution >= 0.6 is 0 Å². The molecular weight excluding hydrogens is 324 g/mol. The number of hydrogen-bond donors (Lipinski definition) is 1. The smallest absolute Gasteiger partial charge is 0.243 e. The molecule has 0 aliphatic rings. The van der Waals surface area contributed by atoms with Gasteiger partial charge in [0, 0.05) is 35.4 Å². The first-order valence-corrected chi connectivity index (χ1v) is 9.30. The van der Waals surface area contributed by atoms with Gasteiger partial charge in [0.25, 0.3) is 0 Å². The highest BCUT2D eigenvalue weighted by Gasteiger charge is 2.23. The molecule has 0 fully saturated rings. The SMILES string of the molecule is CCn1ncc(C(C)NS(=O)(=O)c2cccc3cccnc23)c1C. The molecule has 0 amide bonds. The van der Waals surface area contributed by atoms with E-state index in [0.717, 1.165) is 23.2 Å². The fraction of sp³-hybridized carbons (Fsp3) is 0.294. The number of aromatic nitrogens is 3. The normalized spacial score (nSPS) is 13.3. The molecule has 0 saturated carbocycles. The van der Waals surface area contributed by atoms with Crippen LogP contribution in [0.15, 0.2) is 47.6 Å². The Morgan fingerprint density at radius 3 is 2.71 bits per heavy atom. The lowest BCUT2D eigenvalue weighted by Crippen LogP contribution is -2.27. The van der Waals surface area contributed by atoms with Crippen molar-refractivity contribution in [2.24, 2.45) is 0 Å². The van der Waals surface area contributed by atoms with Gasteiger partial charge in [-0.15, -0.1) is 0 Å². The van der Waals surface area contributed by atoms with E-state index >= 15 is 0 Å². The molecule has 7 heteroatoms. The van der Waals surface area contributed by atoms with Crippen LogP contribution in [0.2, 0.25) is 0 Å². The summed E-state index contributed by atoms with van der Waals surface area (Å²) >= 11 is 0. The Morgan fingerprint density at radius 2 is 2.00 bits per heavy atom. The van der Waals surface area contributed by atoms with Crippen molar-refractivity contribution in [1.82, 2.24) is 19.5 Å².